The predicted molar refractivity (Wildman–Crippen MR) is 86.0 cm³/mol. The van der Waals surface area contributed by atoms with Gasteiger partial charge in [-0.15, -0.1) is 0 Å². The zero-order valence-corrected chi connectivity index (χ0v) is 12.7. The molecule has 118 valence electrons. The first-order valence-electron chi connectivity index (χ1n) is 6.74. The fourth-order valence-electron chi connectivity index (χ4n) is 2.05. The van der Waals surface area contributed by atoms with Gasteiger partial charge in [-0.1, -0.05) is 12.1 Å². The van der Waals surface area contributed by atoms with Gasteiger partial charge in [-0.25, -0.2) is 0 Å². The average molecular weight is 313 g/mol. The summed E-state index contributed by atoms with van der Waals surface area (Å²) in [5.41, 5.74) is 1.01. The topological polar surface area (TPSA) is 78.7 Å². The maximum Gasteiger partial charge on any atom is 0.269 e. The molecule has 2 aromatic carbocycles. The van der Waals surface area contributed by atoms with E-state index in [2.05, 4.69) is 0 Å². The van der Waals surface area contributed by atoms with E-state index in [9.17, 15) is 14.9 Å². The third-order valence-corrected chi connectivity index (χ3v) is 3.21. The number of para-hydroxylation sites is 1. The molecule has 0 fully saturated rings. The third-order valence-electron chi connectivity index (χ3n) is 3.21. The van der Waals surface area contributed by atoms with Gasteiger partial charge in [0.05, 0.1) is 19.1 Å². The second-order valence-corrected chi connectivity index (χ2v) is 4.58. The first-order valence-corrected chi connectivity index (χ1v) is 6.74. The number of nitrogens with zero attached hydrogens (tertiary/aromatic N) is 1. The van der Waals surface area contributed by atoms with Crippen LogP contribution in [0.25, 0.3) is 6.08 Å². The number of carbonyl (C=O) groups is 1. The van der Waals surface area contributed by atoms with E-state index in [1.807, 2.05) is 0 Å². The first kappa shape index (κ1) is 16.2. The summed E-state index contributed by atoms with van der Waals surface area (Å²) in [6, 6.07) is 10.8. The predicted octanol–water partition coefficient (Wildman–Crippen LogP) is 3.51. The summed E-state index contributed by atoms with van der Waals surface area (Å²) in [4.78, 5) is 22.2. The van der Waals surface area contributed by atoms with Crippen molar-refractivity contribution in [2.75, 3.05) is 14.2 Å². The van der Waals surface area contributed by atoms with E-state index in [-0.39, 0.29) is 11.5 Å². The number of non-ortho nitro benzene ring substituents is 1. The molecule has 23 heavy (non-hydrogen) atoms. The molecule has 6 heteroatoms. The monoisotopic (exact) mass is 313 g/mol. The number of nitro benzene ring substituents is 1. The summed E-state index contributed by atoms with van der Waals surface area (Å²) >= 11 is 0. The second-order valence-electron chi connectivity index (χ2n) is 4.58. The van der Waals surface area contributed by atoms with Crippen LogP contribution < -0.4 is 9.47 Å². The van der Waals surface area contributed by atoms with Crippen LogP contribution in [0, 0.1) is 10.1 Å². The Kier molecular flexibility index (Phi) is 5.09. The molecule has 0 saturated heterocycles. The van der Waals surface area contributed by atoms with Crippen LogP contribution in [0.5, 0.6) is 11.5 Å². The SMILES string of the molecule is COc1cccc(/C=C/C(=O)c2ccc([N+](=O)[O-])cc2)c1OC. The van der Waals surface area contributed by atoms with Crippen LogP contribution >= 0.6 is 0 Å². The lowest BCUT2D eigenvalue weighted by molar-refractivity contribution is -0.384. The molecule has 0 aliphatic rings. The maximum atomic E-state index is 12.1. The highest BCUT2D eigenvalue weighted by Gasteiger charge is 2.09. The van der Waals surface area contributed by atoms with Gasteiger partial charge < -0.3 is 9.47 Å². The lowest BCUT2D eigenvalue weighted by atomic mass is 10.1. The fourth-order valence-corrected chi connectivity index (χ4v) is 2.05. The van der Waals surface area contributed by atoms with Gasteiger partial charge >= 0.3 is 0 Å². The molecule has 0 amide bonds. The fraction of sp³-hybridized carbons (Fsp3) is 0.118. The van der Waals surface area contributed by atoms with Crippen molar-refractivity contribution in [2.24, 2.45) is 0 Å². The number of rotatable bonds is 6. The molecule has 0 aliphatic heterocycles. The normalized spacial score (nSPS) is 10.5. The molecule has 0 radical (unpaired) electrons. The van der Waals surface area contributed by atoms with E-state index in [4.69, 9.17) is 9.47 Å². The average Bonchev–Trinajstić information content (AvgIpc) is 2.59. The highest BCUT2D eigenvalue weighted by molar-refractivity contribution is 6.07. The molecule has 0 spiro atoms. The minimum atomic E-state index is -0.509. The van der Waals surface area contributed by atoms with Crippen LogP contribution in [0.4, 0.5) is 5.69 Å². The zero-order chi connectivity index (χ0) is 16.8. The lowest BCUT2D eigenvalue weighted by Gasteiger charge is -2.09. The van der Waals surface area contributed by atoms with Crippen molar-refractivity contribution >= 4 is 17.5 Å². The van der Waals surface area contributed by atoms with Crippen LogP contribution in [0.3, 0.4) is 0 Å². The second kappa shape index (κ2) is 7.22. The van der Waals surface area contributed by atoms with Crippen molar-refractivity contribution in [1.29, 1.82) is 0 Å². The van der Waals surface area contributed by atoms with E-state index >= 15 is 0 Å². The molecular formula is C17H15NO5. The van der Waals surface area contributed by atoms with Crippen LogP contribution in [0.15, 0.2) is 48.5 Å². The Morgan fingerprint density at radius 2 is 1.78 bits per heavy atom. The third kappa shape index (κ3) is 3.74. The number of benzene rings is 2. The molecule has 0 heterocycles. The summed E-state index contributed by atoms with van der Waals surface area (Å²) in [5, 5.41) is 10.6. The lowest BCUT2D eigenvalue weighted by Crippen LogP contribution is -1.96. The summed E-state index contributed by atoms with van der Waals surface area (Å²) in [6.45, 7) is 0. The molecule has 0 saturated carbocycles. The number of ketones is 1. The van der Waals surface area contributed by atoms with Crippen LogP contribution in [0.1, 0.15) is 15.9 Å². The molecule has 0 bridgehead atoms. The van der Waals surface area contributed by atoms with Crippen molar-refractivity contribution in [2.45, 2.75) is 0 Å². The van der Waals surface area contributed by atoms with Gasteiger partial charge in [-0.05, 0) is 30.4 Å². The van der Waals surface area contributed by atoms with Gasteiger partial charge in [0, 0.05) is 23.3 Å². The van der Waals surface area contributed by atoms with Gasteiger partial charge in [0.1, 0.15) is 0 Å². The van der Waals surface area contributed by atoms with Crippen LogP contribution in [-0.2, 0) is 0 Å². The minimum absolute atomic E-state index is 0.0556. The maximum absolute atomic E-state index is 12.1. The quantitative estimate of drug-likeness (QED) is 0.353. The molecule has 2 rings (SSSR count). The van der Waals surface area contributed by atoms with Crippen molar-refractivity contribution in [3.05, 3.63) is 69.8 Å². The van der Waals surface area contributed by atoms with Gasteiger partial charge in [0.2, 0.25) is 0 Å². The molecule has 0 atom stereocenters. The number of methoxy groups -OCH3 is 2. The van der Waals surface area contributed by atoms with Crippen molar-refractivity contribution in [3.8, 4) is 11.5 Å². The Morgan fingerprint density at radius 3 is 2.35 bits per heavy atom. The van der Waals surface area contributed by atoms with Crippen LogP contribution in [-0.4, -0.2) is 24.9 Å². The molecule has 0 N–H and O–H groups in total. The standard InChI is InChI=1S/C17H15NO5/c1-22-16-5-3-4-13(17(16)23-2)8-11-15(19)12-6-9-14(10-7-12)18(20)21/h3-11H,1-2H3/b11-8+. The summed E-state index contributed by atoms with van der Waals surface area (Å²) in [6.07, 6.45) is 3.00. The van der Waals surface area contributed by atoms with Crippen LogP contribution in [0.2, 0.25) is 0 Å². The molecule has 2 aromatic rings. The van der Waals surface area contributed by atoms with Crippen molar-refractivity contribution in [3.63, 3.8) is 0 Å². The first-order chi connectivity index (χ1) is 11.1. The number of ether oxygens (including phenoxy) is 2. The van der Waals surface area contributed by atoms with Gasteiger partial charge in [-0.2, -0.15) is 0 Å². The number of hydrogen-bond acceptors (Lipinski definition) is 5. The summed E-state index contributed by atoms with van der Waals surface area (Å²) < 4.78 is 10.5. The van der Waals surface area contributed by atoms with E-state index in [0.717, 1.165) is 0 Å². The Labute approximate surface area is 133 Å². The molecule has 0 aromatic heterocycles. The Hall–Kier alpha value is -3.15. The molecule has 6 nitrogen and oxygen atoms in total. The van der Waals surface area contributed by atoms with Crippen molar-refractivity contribution in [1.82, 2.24) is 0 Å². The minimum Gasteiger partial charge on any atom is -0.493 e. The Balaban J connectivity index is 2.23. The highest BCUT2D eigenvalue weighted by atomic mass is 16.6. The highest BCUT2D eigenvalue weighted by Crippen LogP contribution is 2.31. The van der Waals surface area contributed by atoms with E-state index in [1.165, 1.54) is 44.6 Å². The smallest absolute Gasteiger partial charge is 0.269 e. The van der Waals surface area contributed by atoms with E-state index in [0.29, 0.717) is 22.6 Å². The summed E-state index contributed by atoms with van der Waals surface area (Å²) in [7, 11) is 3.06. The summed E-state index contributed by atoms with van der Waals surface area (Å²) in [5.74, 6) is 0.838. The molecular weight excluding hydrogens is 298 g/mol. The van der Waals surface area contributed by atoms with Crippen molar-refractivity contribution < 1.29 is 19.2 Å². The Bertz CT molecular complexity index is 750. The number of allylic oxidation sites excluding steroid dienone is 1. The van der Waals surface area contributed by atoms with E-state index < -0.39 is 4.92 Å². The largest absolute Gasteiger partial charge is 0.493 e. The number of hydrogen-bond donors (Lipinski definition) is 0. The number of nitro groups is 1. The number of carbonyl (C=O) groups excluding carboxylic acids is 1. The van der Waals surface area contributed by atoms with Gasteiger partial charge in [0.25, 0.3) is 5.69 Å². The van der Waals surface area contributed by atoms with Gasteiger partial charge in [-0.3, -0.25) is 14.9 Å². The zero-order valence-electron chi connectivity index (χ0n) is 12.7. The van der Waals surface area contributed by atoms with E-state index in [1.54, 1.807) is 24.3 Å². The molecule has 0 unspecified atom stereocenters. The Morgan fingerprint density at radius 1 is 1.09 bits per heavy atom. The molecule has 0 aliphatic carbocycles. The van der Waals surface area contributed by atoms with Gasteiger partial charge in [0.15, 0.2) is 17.3 Å².